The number of benzene rings is 1. The van der Waals surface area contributed by atoms with E-state index < -0.39 is 6.09 Å². The number of fused-ring (bicyclic) bond motifs is 2. The van der Waals surface area contributed by atoms with Crippen molar-refractivity contribution in [2.24, 2.45) is 0 Å². The second kappa shape index (κ2) is 6.50. The van der Waals surface area contributed by atoms with Crippen molar-refractivity contribution in [2.45, 2.75) is 27.4 Å². The van der Waals surface area contributed by atoms with Crippen LogP contribution in [0.3, 0.4) is 0 Å². The number of carbonyl (C=O) groups excluding carboxylic acids is 1. The Morgan fingerprint density at radius 1 is 1.19 bits per heavy atom. The van der Waals surface area contributed by atoms with Crippen LogP contribution in [0.2, 0.25) is 0 Å². The largest absolute Gasteiger partial charge is 0.487 e. The molecule has 0 bridgehead atoms. The van der Waals surface area contributed by atoms with Crippen LogP contribution in [0.4, 0.5) is 4.79 Å². The minimum absolute atomic E-state index is 0.231. The predicted molar refractivity (Wildman–Crippen MR) is 98.6 cm³/mol. The normalized spacial score (nSPS) is 12.4. The molecule has 0 unspecified atom stereocenters. The Kier molecular flexibility index (Phi) is 4.14. The first-order chi connectivity index (χ1) is 13.0. The summed E-state index contributed by atoms with van der Waals surface area (Å²) in [6.07, 6.45) is -0.468. The van der Waals surface area contributed by atoms with Crippen LogP contribution in [-0.2, 0) is 11.3 Å². The number of hydrogen-bond donors (Lipinski definition) is 0. The van der Waals surface area contributed by atoms with Crippen molar-refractivity contribution in [1.82, 2.24) is 9.55 Å². The summed E-state index contributed by atoms with van der Waals surface area (Å²) in [6, 6.07) is 7.51. The van der Waals surface area contributed by atoms with Gasteiger partial charge in [-0.05, 0) is 44.0 Å². The quantitative estimate of drug-likeness (QED) is 0.699. The molecule has 0 radical (unpaired) electrons. The second-order valence-corrected chi connectivity index (χ2v) is 6.45. The van der Waals surface area contributed by atoms with Gasteiger partial charge in [0, 0.05) is 17.5 Å². The van der Waals surface area contributed by atoms with Gasteiger partial charge in [0.2, 0.25) is 6.79 Å². The number of methoxy groups -OCH3 is 1. The maximum Gasteiger partial charge on any atom is 0.418 e. The van der Waals surface area contributed by atoms with E-state index in [0.717, 1.165) is 33.8 Å². The van der Waals surface area contributed by atoms with Gasteiger partial charge in [-0.15, -0.1) is 0 Å². The summed E-state index contributed by atoms with van der Waals surface area (Å²) in [6.45, 7) is 6.25. The molecular weight excluding hydrogens is 348 g/mol. The van der Waals surface area contributed by atoms with E-state index in [0.29, 0.717) is 23.6 Å². The van der Waals surface area contributed by atoms with Gasteiger partial charge >= 0.3 is 6.09 Å². The molecule has 7 nitrogen and oxygen atoms in total. The molecule has 4 rings (SSSR count). The number of nitrogens with zero attached hydrogens (tertiary/aromatic N) is 2. The zero-order chi connectivity index (χ0) is 19.1. The highest BCUT2D eigenvalue weighted by molar-refractivity contribution is 5.95. The second-order valence-electron chi connectivity index (χ2n) is 6.45. The Balaban J connectivity index is 1.74. The summed E-state index contributed by atoms with van der Waals surface area (Å²) in [5.74, 6) is 2.01. The van der Waals surface area contributed by atoms with Crippen LogP contribution < -0.4 is 14.2 Å². The maximum absolute atomic E-state index is 12.3. The lowest BCUT2D eigenvalue weighted by molar-refractivity contribution is 0.173. The number of pyridine rings is 1. The third-order valence-electron chi connectivity index (χ3n) is 4.73. The van der Waals surface area contributed by atoms with Gasteiger partial charge in [-0.25, -0.2) is 9.36 Å². The van der Waals surface area contributed by atoms with Gasteiger partial charge in [-0.1, -0.05) is 6.07 Å². The topological polar surface area (TPSA) is 71.8 Å². The maximum atomic E-state index is 12.3. The van der Waals surface area contributed by atoms with Crippen LogP contribution in [-0.4, -0.2) is 29.5 Å². The summed E-state index contributed by atoms with van der Waals surface area (Å²) in [4.78, 5) is 16.9. The minimum Gasteiger partial charge on any atom is -0.487 e. The van der Waals surface area contributed by atoms with Crippen molar-refractivity contribution in [1.29, 1.82) is 0 Å². The molecule has 1 aromatic carbocycles. The van der Waals surface area contributed by atoms with Crippen LogP contribution in [0.25, 0.3) is 11.0 Å². The first kappa shape index (κ1) is 17.2. The molecule has 0 saturated heterocycles. The smallest absolute Gasteiger partial charge is 0.418 e. The van der Waals surface area contributed by atoms with Crippen molar-refractivity contribution < 1.29 is 23.7 Å². The van der Waals surface area contributed by atoms with E-state index in [-0.39, 0.29) is 6.79 Å². The molecule has 3 heterocycles. The summed E-state index contributed by atoms with van der Waals surface area (Å²) < 4.78 is 23.3. The average molecular weight is 368 g/mol. The molecule has 27 heavy (non-hydrogen) atoms. The first-order valence-electron chi connectivity index (χ1n) is 8.58. The Hall–Kier alpha value is -3.22. The number of aromatic nitrogens is 2. The molecule has 140 valence electrons. The molecule has 0 saturated carbocycles. The Bertz CT molecular complexity index is 1050. The van der Waals surface area contributed by atoms with Crippen LogP contribution in [0.1, 0.15) is 22.5 Å². The summed E-state index contributed by atoms with van der Waals surface area (Å²) >= 11 is 0. The Morgan fingerprint density at radius 2 is 1.96 bits per heavy atom. The zero-order valence-electron chi connectivity index (χ0n) is 15.7. The molecule has 1 aliphatic rings. The molecule has 3 aromatic rings. The highest BCUT2D eigenvalue weighted by Gasteiger charge is 2.22. The number of rotatable bonds is 3. The van der Waals surface area contributed by atoms with Gasteiger partial charge in [0.1, 0.15) is 17.9 Å². The van der Waals surface area contributed by atoms with Crippen LogP contribution >= 0.6 is 0 Å². The lowest BCUT2D eigenvalue weighted by Crippen LogP contribution is -2.13. The number of ether oxygens (including phenoxy) is 4. The van der Waals surface area contributed by atoms with E-state index in [9.17, 15) is 4.79 Å². The van der Waals surface area contributed by atoms with E-state index in [1.165, 1.54) is 11.7 Å². The molecule has 1 aliphatic heterocycles. The highest BCUT2D eigenvalue weighted by atomic mass is 16.7. The standard InChI is InChI=1S/C20H20N2O5/c1-11-7-17(25-9-14-5-6-15-16(8-14)27-10-26-15)19-18(21-11)12(2)13(3)22(19)20(23)24-4/h5-8H,9-10H2,1-4H3. The first-order valence-corrected chi connectivity index (χ1v) is 8.58. The summed E-state index contributed by atoms with van der Waals surface area (Å²) in [5.41, 5.74) is 4.80. The van der Waals surface area contributed by atoms with Gasteiger partial charge in [0.05, 0.1) is 12.6 Å². The predicted octanol–water partition coefficient (Wildman–Crippen LogP) is 3.88. The van der Waals surface area contributed by atoms with E-state index >= 15 is 0 Å². The van der Waals surface area contributed by atoms with E-state index in [4.69, 9.17) is 18.9 Å². The molecule has 0 fully saturated rings. The zero-order valence-corrected chi connectivity index (χ0v) is 15.7. The van der Waals surface area contributed by atoms with Gasteiger partial charge in [-0.3, -0.25) is 4.98 Å². The fraction of sp³-hybridized carbons (Fsp3) is 0.300. The average Bonchev–Trinajstić information content (AvgIpc) is 3.22. The van der Waals surface area contributed by atoms with Crippen LogP contribution in [0.15, 0.2) is 24.3 Å². The number of hydrogen-bond acceptors (Lipinski definition) is 6. The number of aryl methyl sites for hydroxylation is 2. The van der Waals surface area contributed by atoms with Gasteiger partial charge < -0.3 is 18.9 Å². The van der Waals surface area contributed by atoms with Gasteiger partial charge in [-0.2, -0.15) is 0 Å². The van der Waals surface area contributed by atoms with Crippen molar-refractivity contribution in [3.8, 4) is 17.2 Å². The van der Waals surface area contributed by atoms with Crippen molar-refractivity contribution in [3.05, 3.63) is 46.8 Å². The summed E-state index contributed by atoms with van der Waals surface area (Å²) in [5, 5.41) is 0. The lowest BCUT2D eigenvalue weighted by atomic mass is 10.2. The molecule has 7 heteroatoms. The molecule has 0 atom stereocenters. The minimum atomic E-state index is -0.468. The molecule has 2 aromatic heterocycles. The van der Waals surface area contributed by atoms with Gasteiger partial charge in [0.25, 0.3) is 0 Å². The SMILES string of the molecule is COC(=O)n1c(C)c(C)c2nc(C)cc(OCc3ccc4c(c3)OCO4)c21. The third kappa shape index (κ3) is 2.85. The number of carbonyl (C=O) groups is 1. The fourth-order valence-electron chi connectivity index (χ4n) is 3.24. The summed E-state index contributed by atoms with van der Waals surface area (Å²) in [7, 11) is 1.36. The Labute approximate surface area is 156 Å². The van der Waals surface area contributed by atoms with Crippen molar-refractivity contribution in [3.63, 3.8) is 0 Å². The molecule has 0 aliphatic carbocycles. The fourth-order valence-corrected chi connectivity index (χ4v) is 3.24. The van der Waals surface area contributed by atoms with E-state index in [1.807, 2.05) is 45.0 Å². The van der Waals surface area contributed by atoms with E-state index in [1.54, 1.807) is 0 Å². The monoisotopic (exact) mass is 368 g/mol. The van der Waals surface area contributed by atoms with Crippen LogP contribution in [0, 0.1) is 20.8 Å². The molecule has 0 N–H and O–H groups in total. The Morgan fingerprint density at radius 3 is 2.74 bits per heavy atom. The van der Waals surface area contributed by atoms with Crippen LogP contribution in [0.5, 0.6) is 17.2 Å². The molecule has 0 amide bonds. The van der Waals surface area contributed by atoms with Crippen molar-refractivity contribution >= 4 is 17.1 Å². The molecule has 0 spiro atoms. The van der Waals surface area contributed by atoms with Crippen molar-refractivity contribution in [2.75, 3.05) is 13.9 Å². The van der Waals surface area contributed by atoms with E-state index in [2.05, 4.69) is 4.98 Å². The van der Waals surface area contributed by atoms with Gasteiger partial charge in [0.15, 0.2) is 11.5 Å². The lowest BCUT2D eigenvalue weighted by Gasteiger charge is -2.12. The highest BCUT2D eigenvalue weighted by Crippen LogP contribution is 2.35. The third-order valence-corrected chi connectivity index (χ3v) is 4.73. The molecular formula is C20H20N2O5.